The quantitative estimate of drug-likeness (QED) is 0.0445. The summed E-state index contributed by atoms with van der Waals surface area (Å²) in [5.41, 5.74) is 18.9. The molecule has 0 fully saturated rings. The molecule has 5 N–H and O–H groups in total. The van der Waals surface area contributed by atoms with E-state index in [4.69, 9.17) is 45.1 Å². The van der Waals surface area contributed by atoms with Crippen LogP contribution in [0.5, 0.6) is 17.2 Å². The average Bonchev–Trinajstić information content (AvgIpc) is 4.13. The standard InChI is InChI=1S/C25H21N7OS.C14H14N2O4S.C13H16N2O3S/c1-14-28-17-12-19(33-2)21-20(22(17)34-14)23(27-13-15-8-4-3-5-9-15)31-25(30-21)32-18-11-7-6-10-16(18)29-24(32)26;1-7(2)20-14(18)11-12(15-6-17)10(19-4)5-9-13(11)21-8(3)16-9;1-6(2)18-13(16)10-11(14)9(17-4)5-8-12(10)19-7(3)15-8/h3-12H,13H2,1-2H3,(H2,26,29)(H,27,30,31);5,7H,1-4H3;5-6H,14H2,1-4H3. The minimum absolute atomic E-state index is 0.120. The number of nitrogens with one attached hydrogen (secondary N) is 1. The molecule has 5 aromatic heterocycles. The summed E-state index contributed by atoms with van der Waals surface area (Å²) in [5, 5.41) is 7.02. The number of methoxy groups -OCH3 is 3. The molecular weight excluding hydrogens is 1000 g/mol. The Labute approximate surface area is 436 Å². The van der Waals surface area contributed by atoms with E-state index in [1.54, 1.807) is 62.8 Å². The van der Waals surface area contributed by atoms with Gasteiger partial charge in [0.1, 0.15) is 45.4 Å². The van der Waals surface area contributed by atoms with Gasteiger partial charge in [0.2, 0.25) is 18.0 Å². The van der Waals surface area contributed by atoms with Crippen LogP contribution in [-0.4, -0.2) is 86.0 Å². The number of hydrogen-bond donors (Lipinski definition) is 3. The number of ether oxygens (including phenoxy) is 5. The van der Waals surface area contributed by atoms with Crippen molar-refractivity contribution in [3.05, 3.63) is 105 Å². The first-order valence-electron chi connectivity index (χ1n) is 22.9. The van der Waals surface area contributed by atoms with Crippen molar-refractivity contribution < 1.29 is 38.1 Å². The lowest BCUT2D eigenvalue weighted by Crippen LogP contribution is -2.14. The lowest BCUT2D eigenvalue weighted by Gasteiger charge is -2.14. The van der Waals surface area contributed by atoms with Crippen LogP contribution in [0.4, 0.5) is 23.1 Å². The molecular formula is C52H51N11O8S3. The average molecular weight is 1050 g/mol. The minimum atomic E-state index is -0.563. The Morgan fingerprint density at radius 3 is 1.78 bits per heavy atom. The molecule has 0 atom stereocenters. The first kappa shape index (κ1) is 52.0. The SMILES string of the molecule is COc1cc2nc(C)sc2c(C(=O)OC(C)C)c1N.COc1cc2nc(C)sc2c(C(=O)OC(C)C)c1N=C=O.COc1cc2nc(C)sc2c2c(NCc3ccccc3)nc(-n3c(N)nc4ccccc43)nc12. The van der Waals surface area contributed by atoms with Crippen LogP contribution in [0.25, 0.3) is 58.5 Å². The maximum atomic E-state index is 12.4. The van der Waals surface area contributed by atoms with E-state index in [9.17, 15) is 14.4 Å². The van der Waals surface area contributed by atoms with Gasteiger partial charge in [0.25, 0.3) is 0 Å². The zero-order valence-corrected chi connectivity index (χ0v) is 44.5. The number of thiazole rings is 3. The smallest absolute Gasteiger partial charge is 0.342 e. The molecule has 0 saturated carbocycles. The number of hydrogen-bond acceptors (Lipinski definition) is 21. The third-order valence-electron chi connectivity index (χ3n) is 10.9. The lowest BCUT2D eigenvalue weighted by atomic mass is 10.1. The van der Waals surface area contributed by atoms with Crippen molar-refractivity contribution in [2.24, 2.45) is 4.99 Å². The molecule has 5 heterocycles. The summed E-state index contributed by atoms with van der Waals surface area (Å²) < 4.78 is 30.7. The first-order valence-corrected chi connectivity index (χ1v) is 25.4. The number of carbonyl (C=O) groups is 2. The molecule has 0 amide bonds. The number of fused-ring (bicyclic) bond motifs is 6. The van der Waals surface area contributed by atoms with Crippen LogP contribution >= 0.6 is 34.0 Å². The number of carbonyl (C=O) groups excluding carboxylic acids is 3. The Hall–Kier alpha value is -8.30. The summed E-state index contributed by atoms with van der Waals surface area (Å²) >= 11 is 4.37. The van der Waals surface area contributed by atoms with E-state index < -0.39 is 11.9 Å². The van der Waals surface area contributed by atoms with Gasteiger partial charge in [0.15, 0.2) is 0 Å². The van der Waals surface area contributed by atoms with Gasteiger partial charge in [-0.3, -0.25) is 0 Å². The number of rotatable bonds is 12. The van der Waals surface area contributed by atoms with E-state index in [0.717, 1.165) is 51.9 Å². The van der Waals surface area contributed by atoms with Crippen LogP contribution in [0, 0.1) is 20.8 Å². The largest absolute Gasteiger partial charge is 0.494 e. The Bertz CT molecular complexity index is 3790. The fourth-order valence-corrected chi connectivity index (χ4v) is 10.7. The van der Waals surface area contributed by atoms with Gasteiger partial charge in [0.05, 0.1) is 101 Å². The summed E-state index contributed by atoms with van der Waals surface area (Å²) in [4.78, 5) is 66.6. The maximum absolute atomic E-state index is 12.4. The van der Waals surface area contributed by atoms with Crippen LogP contribution in [0.1, 0.15) is 69.0 Å². The zero-order valence-electron chi connectivity index (χ0n) is 42.0. The summed E-state index contributed by atoms with van der Waals surface area (Å²) in [5.74, 6) is 1.78. The third-order valence-corrected chi connectivity index (χ3v) is 13.9. The van der Waals surface area contributed by atoms with Crippen molar-refractivity contribution in [3.63, 3.8) is 0 Å². The highest BCUT2D eigenvalue weighted by molar-refractivity contribution is 7.20. The lowest BCUT2D eigenvalue weighted by molar-refractivity contribution is 0.0370. The van der Waals surface area contributed by atoms with Crippen molar-refractivity contribution in [1.82, 2.24) is 34.5 Å². The highest BCUT2D eigenvalue weighted by atomic mass is 32.1. The van der Waals surface area contributed by atoms with Crippen molar-refractivity contribution in [3.8, 4) is 23.2 Å². The number of para-hydroxylation sites is 2. The number of nitrogens with two attached hydrogens (primary N) is 2. The molecule has 22 heteroatoms. The van der Waals surface area contributed by atoms with Crippen molar-refractivity contribution >= 4 is 128 Å². The molecule has 0 unspecified atom stereocenters. The second kappa shape index (κ2) is 22.2. The minimum Gasteiger partial charge on any atom is -0.494 e. The van der Waals surface area contributed by atoms with Crippen molar-refractivity contribution in [1.29, 1.82) is 0 Å². The zero-order chi connectivity index (χ0) is 53.0. The van der Waals surface area contributed by atoms with E-state index >= 15 is 0 Å². The number of nitrogen functional groups attached to an aromatic ring is 2. The predicted molar refractivity (Wildman–Crippen MR) is 292 cm³/mol. The second-order valence-electron chi connectivity index (χ2n) is 16.8. The molecule has 0 aliphatic rings. The summed E-state index contributed by atoms with van der Waals surface area (Å²) in [7, 11) is 4.58. The molecule has 10 aromatic rings. The van der Waals surface area contributed by atoms with Gasteiger partial charge in [-0.25, -0.2) is 43.9 Å². The van der Waals surface area contributed by atoms with Gasteiger partial charge in [-0.05, 0) is 66.2 Å². The van der Waals surface area contributed by atoms with Gasteiger partial charge < -0.3 is 40.5 Å². The number of esters is 2. The van der Waals surface area contributed by atoms with Gasteiger partial charge in [-0.2, -0.15) is 9.98 Å². The van der Waals surface area contributed by atoms with Gasteiger partial charge in [-0.15, -0.1) is 34.0 Å². The van der Waals surface area contributed by atoms with E-state index in [0.29, 0.717) is 68.3 Å². The molecule has 0 radical (unpaired) electrons. The predicted octanol–water partition coefficient (Wildman–Crippen LogP) is 11.0. The highest BCUT2D eigenvalue weighted by Crippen LogP contribution is 2.42. The van der Waals surface area contributed by atoms with Crippen LogP contribution in [-0.2, 0) is 20.8 Å². The van der Waals surface area contributed by atoms with Crippen molar-refractivity contribution in [2.45, 2.75) is 67.2 Å². The Kier molecular flexibility index (Phi) is 15.6. The van der Waals surface area contributed by atoms with Crippen LogP contribution in [0.3, 0.4) is 0 Å². The van der Waals surface area contributed by atoms with Gasteiger partial charge >= 0.3 is 11.9 Å². The molecule has 0 saturated heterocycles. The Morgan fingerprint density at radius 2 is 1.19 bits per heavy atom. The fourth-order valence-electron chi connectivity index (χ4n) is 7.91. The topological polar surface area (TPSA) is 256 Å². The molecule has 0 aliphatic heterocycles. The number of aromatic nitrogens is 7. The fraction of sp³-hybridized carbons (Fsp3) is 0.250. The van der Waals surface area contributed by atoms with Crippen LogP contribution < -0.4 is 31.0 Å². The number of benzene rings is 5. The maximum Gasteiger partial charge on any atom is 0.342 e. The number of aliphatic imine (C=N–C) groups is 1. The molecule has 10 rings (SSSR count). The second-order valence-corrected chi connectivity index (χ2v) is 20.4. The van der Waals surface area contributed by atoms with Crippen molar-refractivity contribution in [2.75, 3.05) is 38.1 Å². The van der Waals surface area contributed by atoms with Gasteiger partial charge in [0, 0.05) is 24.7 Å². The molecule has 380 valence electrons. The molecule has 0 spiro atoms. The highest BCUT2D eigenvalue weighted by Gasteiger charge is 2.26. The summed E-state index contributed by atoms with van der Waals surface area (Å²) in [6, 6.07) is 23.2. The number of isocyanates is 1. The first-order chi connectivity index (χ1) is 35.5. The van der Waals surface area contributed by atoms with E-state index in [2.05, 4.69) is 42.4 Å². The van der Waals surface area contributed by atoms with Crippen LogP contribution in [0.15, 0.2) is 77.8 Å². The number of nitrogens with zero attached hydrogens (tertiary/aromatic N) is 8. The molecule has 19 nitrogen and oxygen atoms in total. The number of imidazole rings is 1. The van der Waals surface area contributed by atoms with Crippen LogP contribution in [0.2, 0.25) is 0 Å². The Morgan fingerprint density at radius 1 is 0.662 bits per heavy atom. The van der Waals surface area contributed by atoms with Gasteiger partial charge in [-0.1, -0.05) is 42.5 Å². The monoisotopic (exact) mass is 1050 g/mol. The van der Waals surface area contributed by atoms with E-state index in [1.165, 1.54) is 43.0 Å². The number of aryl methyl sites for hydroxylation is 3. The normalized spacial score (nSPS) is 11.1. The van der Waals surface area contributed by atoms with E-state index in [1.807, 2.05) is 69.3 Å². The summed E-state index contributed by atoms with van der Waals surface area (Å²) in [6.07, 6.45) is 0.953. The molecule has 0 aliphatic carbocycles. The molecule has 74 heavy (non-hydrogen) atoms. The molecule has 5 aromatic carbocycles. The molecule has 0 bridgehead atoms. The Balaban J connectivity index is 0.000000158. The summed E-state index contributed by atoms with van der Waals surface area (Å²) in [6.45, 7) is 13.4. The third kappa shape index (κ3) is 10.7. The number of anilines is 3. The van der Waals surface area contributed by atoms with E-state index in [-0.39, 0.29) is 29.2 Å².